The van der Waals surface area contributed by atoms with Crippen LogP contribution in [0.1, 0.15) is 24.0 Å². The maximum absolute atomic E-state index is 12.3. The first kappa shape index (κ1) is 15.5. The van der Waals surface area contributed by atoms with Crippen LogP contribution in [0, 0.1) is 17.8 Å². The lowest BCUT2D eigenvalue weighted by Crippen LogP contribution is -2.17. The van der Waals surface area contributed by atoms with E-state index in [0.717, 1.165) is 22.6 Å². The molecule has 0 bridgehead atoms. The summed E-state index contributed by atoms with van der Waals surface area (Å²) in [5, 5.41) is 3.66. The molecule has 3 rings (SSSR count). The van der Waals surface area contributed by atoms with Crippen LogP contribution in [-0.2, 0) is 6.54 Å². The molecule has 1 heterocycles. The van der Waals surface area contributed by atoms with Gasteiger partial charge < -0.3 is 4.74 Å². The van der Waals surface area contributed by atoms with Crippen LogP contribution in [0.5, 0.6) is 5.75 Å². The van der Waals surface area contributed by atoms with Crippen molar-refractivity contribution in [2.45, 2.75) is 25.6 Å². The molecule has 1 aromatic heterocycles. The van der Waals surface area contributed by atoms with Gasteiger partial charge >= 0.3 is 6.18 Å². The molecule has 3 nitrogen and oxygen atoms in total. The molecule has 1 aliphatic rings. The maximum Gasteiger partial charge on any atom is 0.408 e. The molecule has 1 fully saturated rings. The van der Waals surface area contributed by atoms with Crippen molar-refractivity contribution in [3.63, 3.8) is 0 Å². The zero-order chi connectivity index (χ0) is 16.3. The number of ether oxygens (including phenoxy) is 1. The van der Waals surface area contributed by atoms with Crippen LogP contribution in [0.3, 0.4) is 0 Å². The number of hydrogen-bond donors (Lipinski definition) is 0. The van der Waals surface area contributed by atoms with Gasteiger partial charge in [0.25, 0.3) is 0 Å². The highest BCUT2D eigenvalue weighted by Crippen LogP contribution is 2.29. The molecule has 0 amide bonds. The van der Waals surface area contributed by atoms with Crippen LogP contribution in [0.25, 0.3) is 0 Å². The van der Waals surface area contributed by atoms with Gasteiger partial charge in [-0.05, 0) is 37.0 Å². The zero-order valence-corrected chi connectivity index (χ0v) is 12.3. The summed E-state index contributed by atoms with van der Waals surface area (Å²) >= 11 is 0. The van der Waals surface area contributed by atoms with E-state index < -0.39 is 12.7 Å². The number of hydrogen-bond acceptors (Lipinski definition) is 2. The normalized spacial score (nSPS) is 14.2. The molecule has 2 aromatic rings. The lowest BCUT2D eigenvalue weighted by molar-refractivity contribution is -0.142. The largest absolute Gasteiger partial charge is 0.493 e. The Labute approximate surface area is 132 Å². The van der Waals surface area contributed by atoms with Gasteiger partial charge in [0, 0.05) is 11.8 Å². The SMILES string of the molecule is FC(F)(F)Cn1cc(C#Cc2cccc(OCC3CC3)c2)cn1. The van der Waals surface area contributed by atoms with Gasteiger partial charge in [0.2, 0.25) is 0 Å². The van der Waals surface area contributed by atoms with E-state index in [0.29, 0.717) is 11.5 Å². The van der Waals surface area contributed by atoms with Gasteiger partial charge in [-0.3, -0.25) is 4.68 Å². The van der Waals surface area contributed by atoms with E-state index in [1.54, 1.807) is 0 Å². The van der Waals surface area contributed by atoms with Crippen molar-refractivity contribution < 1.29 is 17.9 Å². The van der Waals surface area contributed by atoms with Crippen molar-refractivity contribution in [2.24, 2.45) is 5.92 Å². The highest BCUT2D eigenvalue weighted by molar-refractivity contribution is 5.44. The van der Waals surface area contributed by atoms with E-state index in [1.807, 2.05) is 24.3 Å². The Bertz CT molecular complexity index is 736. The second-order valence-corrected chi connectivity index (χ2v) is 5.57. The molecule has 0 N–H and O–H groups in total. The molecule has 1 saturated carbocycles. The molecule has 23 heavy (non-hydrogen) atoms. The molecule has 0 atom stereocenters. The fourth-order valence-electron chi connectivity index (χ4n) is 2.00. The van der Waals surface area contributed by atoms with Gasteiger partial charge in [-0.25, -0.2) is 0 Å². The van der Waals surface area contributed by atoms with E-state index in [4.69, 9.17) is 4.74 Å². The lowest BCUT2D eigenvalue weighted by atomic mass is 10.2. The summed E-state index contributed by atoms with van der Waals surface area (Å²) in [6, 6.07) is 7.38. The van der Waals surface area contributed by atoms with Crippen molar-refractivity contribution in [2.75, 3.05) is 6.61 Å². The minimum atomic E-state index is -4.29. The molecule has 6 heteroatoms. The van der Waals surface area contributed by atoms with Crippen molar-refractivity contribution in [3.8, 4) is 17.6 Å². The van der Waals surface area contributed by atoms with Crippen LogP contribution in [0.2, 0.25) is 0 Å². The van der Waals surface area contributed by atoms with Crippen LogP contribution in [-0.4, -0.2) is 22.6 Å². The summed E-state index contributed by atoms with van der Waals surface area (Å²) in [6.45, 7) is -0.389. The molecule has 120 valence electrons. The summed E-state index contributed by atoms with van der Waals surface area (Å²) < 4.78 is 43.3. The topological polar surface area (TPSA) is 27.1 Å². The monoisotopic (exact) mass is 320 g/mol. The fourth-order valence-corrected chi connectivity index (χ4v) is 2.00. The summed E-state index contributed by atoms with van der Waals surface area (Å²) in [5.41, 5.74) is 1.19. The molecular weight excluding hydrogens is 305 g/mol. The second kappa shape index (κ2) is 6.37. The molecule has 1 aromatic carbocycles. The van der Waals surface area contributed by atoms with Crippen LogP contribution >= 0.6 is 0 Å². The molecule has 0 spiro atoms. The summed E-state index contributed by atoms with van der Waals surface area (Å²) in [5.74, 6) is 7.16. The van der Waals surface area contributed by atoms with Gasteiger partial charge in [-0.2, -0.15) is 18.3 Å². The van der Waals surface area contributed by atoms with Crippen molar-refractivity contribution in [1.29, 1.82) is 0 Å². The van der Waals surface area contributed by atoms with Crippen LogP contribution in [0.4, 0.5) is 13.2 Å². The first-order valence-electron chi connectivity index (χ1n) is 7.32. The number of alkyl halides is 3. The van der Waals surface area contributed by atoms with Gasteiger partial charge in [-0.15, -0.1) is 0 Å². The first-order valence-corrected chi connectivity index (χ1v) is 7.32. The molecular formula is C17H15F3N2O. The van der Waals surface area contributed by atoms with E-state index in [9.17, 15) is 13.2 Å². The van der Waals surface area contributed by atoms with Crippen molar-refractivity contribution in [3.05, 3.63) is 47.8 Å². The van der Waals surface area contributed by atoms with Crippen LogP contribution < -0.4 is 4.74 Å². The molecule has 0 aliphatic heterocycles. The third kappa shape index (κ3) is 5.06. The van der Waals surface area contributed by atoms with Crippen LogP contribution in [0.15, 0.2) is 36.7 Å². The standard InChI is InChI=1S/C17H15F3N2O/c18-17(19,20)12-22-10-15(9-21-22)7-4-13-2-1-3-16(8-13)23-11-14-5-6-14/h1-3,8-10,14H,5-6,11-12H2. The average Bonchev–Trinajstić information content (AvgIpc) is 3.22. The Morgan fingerprint density at radius 3 is 2.74 bits per heavy atom. The Hall–Kier alpha value is -2.42. The number of nitrogens with zero attached hydrogens (tertiary/aromatic N) is 2. The summed E-state index contributed by atoms with van der Waals surface area (Å²) in [6.07, 6.45) is 0.771. The highest BCUT2D eigenvalue weighted by atomic mass is 19.4. The Balaban J connectivity index is 1.65. The maximum atomic E-state index is 12.3. The third-order valence-corrected chi connectivity index (χ3v) is 3.34. The third-order valence-electron chi connectivity index (χ3n) is 3.34. The predicted molar refractivity (Wildman–Crippen MR) is 78.9 cm³/mol. The smallest absolute Gasteiger partial charge is 0.408 e. The van der Waals surface area contributed by atoms with Crippen molar-refractivity contribution in [1.82, 2.24) is 9.78 Å². The Morgan fingerprint density at radius 1 is 1.22 bits per heavy atom. The molecule has 0 radical (unpaired) electrons. The molecule has 0 saturated heterocycles. The number of rotatable bonds is 4. The number of aromatic nitrogens is 2. The van der Waals surface area contributed by atoms with Gasteiger partial charge in [0.1, 0.15) is 12.3 Å². The number of benzene rings is 1. The first-order chi connectivity index (χ1) is 11.0. The highest BCUT2D eigenvalue weighted by Gasteiger charge is 2.28. The van der Waals surface area contributed by atoms with Crippen molar-refractivity contribution >= 4 is 0 Å². The van der Waals surface area contributed by atoms with Gasteiger partial charge in [0.15, 0.2) is 0 Å². The van der Waals surface area contributed by atoms with E-state index in [2.05, 4.69) is 16.9 Å². The summed E-state index contributed by atoms with van der Waals surface area (Å²) in [7, 11) is 0. The number of halogens is 3. The Kier molecular flexibility index (Phi) is 4.28. The Morgan fingerprint density at radius 2 is 2.00 bits per heavy atom. The lowest BCUT2D eigenvalue weighted by Gasteiger charge is -2.04. The molecule has 1 aliphatic carbocycles. The zero-order valence-electron chi connectivity index (χ0n) is 12.3. The minimum absolute atomic E-state index is 0.443. The fraction of sp³-hybridized carbons (Fsp3) is 0.353. The van der Waals surface area contributed by atoms with E-state index >= 15 is 0 Å². The summed E-state index contributed by atoms with van der Waals surface area (Å²) in [4.78, 5) is 0. The predicted octanol–water partition coefficient (Wildman–Crippen LogP) is 3.63. The minimum Gasteiger partial charge on any atom is -0.493 e. The van der Waals surface area contributed by atoms with E-state index in [-0.39, 0.29) is 0 Å². The quantitative estimate of drug-likeness (QED) is 0.804. The average molecular weight is 320 g/mol. The second-order valence-electron chi connectivity index (χ2n) is 5.57. The van der Waals surface area contributed by atoms with Gasteiger partial charge in [-0.1, -0.05) is 17.9 Å². The van der Waals surface area contributed by atoms with E-state index in [1.165, 1.54) is 25.2 Å². The van der Waals surface area contributed by atoms with Gasteiger partial charge in [0.05, 0.1) is 18.4 Å². The molecule has 0 unspecified atom stereocenters.